The zero-order chi connectivity index (χ0) is 12.4. The molecule has 0 aromatic heterocycles. The van der Waals surface area contributed by atoms with E-state index in [9.17, 15) is 0 Å². The van der Waals surface area contributed by atoms with Crippen LogP contribution in [0.2, 0.25) is 0 Å². The Labute approximate surface area is 113 Å². The minimum atomic E-state index is 0.803. The molecule has 1 aromatic rings. The standard InChI is InChI=1S/C15H21NOS/c1-17-14-6-2-11(3-7-14)10-18-15-8-12-4-5-13(9-15)16-12/h2-3,6-7,12-13,15-16H,4-5,8-10H2,1H3/t12-,13+,15?. The number of benzene rings is 1. The summed E-state index contributed by atoms with van der Waals surface area (Å²) in [6.07, 6.45) is 5.50. The zero-order valence-electron chi connectivity index (χ0n) is 10.9. The predicted octanol–water partition coefficient (Wildman–Crippen LogP) is 3.21. The van der Waals surface area contributed by atoms with E-state index >= 15 is 0 Å². The van der Waals surface area contributed by atoms with Crippen molar-refractivity contribution in [1.82, 2.24) is 5.32 Å². The Balaban J connectivity index is 1.51. The molecular formula is C15H21NOS. The number of thioether (sulfide) groups is 1. The van der Waals surface area contributed by atoms with E-state index < -0.39 is 0 Å². The lowest BCUT2D eigenvalue weighted by molar-refractivity contribution is 0.414. The third kappa shape index (κ3) is 2.83. The Kier molecular flexibility index (Phi) is 3.80. The topological polar surface area (TPSA) is 21.3 Å². The summed E-state index contributed by atoms with van der Waals surface area (Å²) in [4.78, 5) is 0. The minimum Gasteiger partial charge on any atom is -0.497 e. The molecule has 0 spiro atoms. The van der Waals surface area contributed by atoms with E-state index in [0.29, 0.717) is 0 Å². The molecule has 0 aliphatic carbocycles. The fourth-order valence-corrected chi connectivity index (χ4v) is 4.43. The van der Waals surface area contributed by atoms with Crippen LogP contribution in [0.3, 0.4) is 0 Å². The molecule has 1 N–H and O–H groups in total. The Hall–Kier alpha value is -0.670. The van der Waals surface area contributed by atoms with Gasteiger partial charge in [0.05, 0.1) is 7.11 Å². The van der Waals surface area contributed by atoms with E-state index in [1.807, 2.05) is 0 Å². The zero-order valence-corrected chi connectivity index (χ0v) is 11.7. The number of piperidine rings is 1. The Morgan fingerprint density at radius 3 is 2.44 bits per heavy atom. The van der Waals surface area contributed by atoms with Crippen molar-refractivity contribution < 1.29 is 4.74 Å². The molecule has 3 rings (SSSR count). The Morgan fingerprint density at radius 1 is 1.17 bits per heavy atom. The number of methoxy groups -OCH3 is 1. The van der Waals surface area contributed by atoms with Crippen LogP contribution in [0.25, 0.3) is 0 Å². The van der Waals surface area contributed by atoms with Crippen molar-refractivity contribution in [2.45, 2.75) is 48.8 Å². The first-order valence-electron chi connectivity index (χ1n) is 6.84. The van der Waals surface area contributed by atoms with E-state index in [2.05, 4.69) is 41.3 Å². The van der Waals surface area contributed by atoms with E-state index in [-0.39, 0.29) is 0 Å². The van der Waals surface area contributed by atoms with E-state index in [1.54, 1.807) is 7.11 Å². The largest absolute Gasteiger partial charge is 0.497 e. The van der Waals surface area contributed by atoms with Crippen molar-refractivity contribution in [3.05, 3.63) is 29.8 Å². The third-order valence-corrected chi connectivity index (χ3v) is 5.43. The molecule has 2 aliphatic heterocycles. The number of hydrogen-bond donors (Lipinski definition) is 1. The SMILES string of the molecule is COc1ccc(CSC2C[C@H]3CC[C@@H](C2)N3)cc1. The summed E-state index contributed by atoms with van der Waals surface area (Å²) in [5, 5.41) is 4.56. The van der Waals surface area contributed by atoms with Gasteiger partial charge in [0.1, 0.15) is 5.75 Å². The summed E-state index contributed by atoms with van der Waals surface area (Å²) >= 11 is 2.13. The van der Waals surface area contributed by atoms with Crippen molar-refractivity contribution in [1.29, 1.82) is 0 Å². The number of nitrogens with one attached hydrogen (secondary N) is 1. The average Bonchev–Trinajstić information content (AvgIpc) is 2.76. The molecule has 2 bridgehead atoms. The van der Waals surface area contributed by atoms with Crippen LogP contribution < -0.4 is 10.1 Å². The molecule has 2 heterocycles. The third-order valence-electron chi connectivity index (χ3n) is 4.07. The Morgan fingerprint density at radius 2 is 1.83 bits per heavy atom. The molecule has 3 atom stereocenters. The first-order chi connectivity index (χ1) is 8.83. The van der Waals surface area contributed by atoms with Gasteiger partial charge < -0.3 is 10.1 Å². The second-order valence-electron chi connectivity index (χ2n) is 5.39. The molecule has 1 aromatic carbocycles. The van der Waals surface area contributed by atoms with Gasteiger partial charge in [-0.05, 0) is 43.4 Å². The van der Waals surface area contributed by atoms with Crippen molar-refractivity contribution in [3.8, 4) is 5.75 Å². The molecule has 0 amide bonds. The smallest absolute Gasteiger partial charge is 0.118 e. The van der Waals surface area contributed by atoms with Crippen molar-refractivity contribution in [2.24, 2.45) is 0 Å². The summed E-state index contributed by atoms with van der Waals surface area (Å²) < 4.78 is 5.18. The van der Waals surface area contributed by atoms with Gasteiger partial charge in [-0.25, -0.2) is 0 Å². The lowest BCUT2D eigenvalue weighted by Crippen LogP contribution is -2.39. The van der Waals surface area contributed by atoms with Gasteiger partial charge in [0.15, 0.2) is 0 Å². The van der Waals surface area contributed by atoms with Gasteiger partial charge in [-0.1, -0.05) is 12.1 Å². The monoisotopic (exact) mass is 263 g/mol. The molecule has 2 nitrogen and oxygen atoms in total. The molecule has 0 radical (unpaired) electrons. The van der Waals surface area contributed by atoms with Gasteiger partial charge in [0.2, 0.25) is 0 Å². The summed E-state index contributed by atoms with van der Waals surface area (Å²) in [5.41, 5.74) is 1.41. The minimum absolute atomic E-state index is 0.803. The van der Waals surface area contributed by atoms with E-state index in [0.717, 1.165) is 28.8 Å². The van der Waals surface area contributed by atoms with Gasteiger partial charge in [0.25, 0.3) is 0 Å². The fraction of sp³-hybridized carbons (Fsp3) is 0.600. The molecule has 0 saturated carbocycles. The molecular weight excluding hydrogens is 242 g/mol. The molecule has 98 valence electrons. The van der Waals surface area contributed by atoms with Crippen LogP contribution in [-0.2, 0) is 5.75 Å². The Bertz CT molecular complexity index is 380. The highest BCUT2D eigenvalue weighted by molar-refractivity contribution is 7.99. The lowest BCUT2D eigenvalue weighted by Gasteiger charge is -2.28. The maximum atomic E-state index is 5.18. The van der Waals surface area contributed by atoms with Crippen LogP contribution in [0.15, 0.2) is 24.3 Å². The average molecular weight is 263 g/mol. The van der Waals surface area contributed by atoms with Gasteiger partial charge in [-0.3, -0.25) is 0 Å². The maximum absolute atomic E-state index is 5.18. The van der Waals surface area contributed by atoms with Crippen LogP contribution in [-0.4, -0.2) is 24.4 Å². The van der Waals surface area contributed by atoms with Gasteiger partial charge in [-0.2, -0.15) is 11.8 Å². The number of ether oxygens (including phenoxy) is 1. The number of fused-ring (bicyclic) bond motifs is 2. The van der Waals surface area contributed by atoms with Gasteiger partial charge in [0, 0.05) is 23.1 Å². The molecule has 3 heteroatoms. The van der Waals surface area contributed by atoms with Crippen LogP contribution in [0, 0.1) is 0 Å². The summed E-state index contributed by atoms with van der Waals surface area (Å²) in [6.45, 7) is 0. The molecule has 2 saturated heterocycles. The highest BCUT2D eigenvalue weighted by atomic mass is 32.2. The van der Waals surface area contributed by atoms with Crippen molar-refractivity contribution in [3.63, 3.8) is 0 Å². The molecule has 2 aliphatic rings. The normalized spacial score (nSPS) is 30.4. The summed E-state index contributed by atoms with van der Waals surface area (Å²) in [5.74, 6) is 2.08. The lowest BCUT2D eigenvalue weighted by atomic mass is 10.1. The van der Waals surface area contributed by atoms with Gasteiger partial charge in [-0.15, -0.1) is 0 Å². The van der Waals surface area contributed by atoms with Crippen molar-refractivity contribution >= 4 is 11.8 Å². The quantitative estimate of drug-likeness (QED) is 0.901. The second kappa shape index (κ2) is 5.54. The van der Waals surface area contributed by atoms with Crippen LogP contribution in [0.1, 0.15) is 31.2 Å². The highest BCUT2D eigenvalue weighted by Gasteiger charge is 2.33. The first kappa shape index (κ1) is 12.4. The molecule has 18 heavy (non-hydrogen) atoms. The van der Waals surface area contributed by atoms with Crippen LogP contribution in [0.4, 0.5) is 0 Å². The van der Waals surface area contributed by atoms with Crippen LogP contribution in [0.5, 0.6) is 5.75 Å². The first-order valence-corrected chi connectivity index (χ1v) is 7.89. The summed E-state index contributed by atoms with van der Waals surface area (Å²) in [6, 6.07) is 10.1. The highest BCUT2D eigenvalue weighted by Crippen LogP contribution is 2.35. The fourth-order valence-electron chi connectivity index (χ4n) is 3.08. The van der Waals surface area contributed by atoms with Crippen LogP contribution >= 0.6 is 11.8 Å². The second-order valence-corrected chi connectivity index (χ2v) is 6.68. The maximum Gasteiger partial charge on any atom is 0.118 e. The van der Waals surface area contributed by atoms with E-state index in [4.69, 9.17) is 4.74 Å². The van der Waals surface area contributed by atoms with Gasteiger partial charge >= 0.3 is 0 Å². The van der Waals surface area contributed by atoms with Crippen molar-refractivity contribution in [2.75, 3.05) is 7.11 Å². The predicted molar refractivity (Wildman–Crippen MR) is 77.3 cm³/mol. The van der Waals surface area contributed by atoms with E-state index in [1.165, 1.54) is 31.2 Å². The number of rotatable bonds is 4. The number of hydrogen-bond acceptors (Lipinski definition) is 3. The summed E-state index contributed by atoms with van der Waals surface area (Å²) in [7, 11) is 1.72. The molecule has 2 fully saturated rings. The molecule has 1 unspecified atom stereocenters.